The second-order valence-electron chi connectivity index (χ2n) is 2.41. The zero-order valence-corrected chi connectivity index (χ0v) is 6.28. The highest BCUT2D eigenvalue weighted by Crippen LogP contribution is 2.10. The van der Waals surface area contributed by atoms with Crippen molar-refractivity contribution in [2.24, 2.45) is 5.73 Å². The Morgan fingerprint density at radius 1 is 1.55 bits per heavy atom. The molecule has 1 atom stereocenters. The molecular formula is C7H11N3O. The van der Waals surface area contributed by atoms with E-state index in [0.717, 1.165) is 5.69 Å². The minimum absolute atomic E-state index is 0.405. The third kappa shape index (κ3) is 1.89. The van der Waals surface area contributed by atoms with E-state index >= 15 is 0 Å². The molecule has 4 nitrogen and oxygen atoms in total. The highest BCUT2D eigenvalue weighted by molar-refractivity contribution is 5.40. The van der Waals surface area contributed by atoms with E-state index < -0.39 is 6.23 Å². The van der Waals surface area contributed by atoms with Crippen LogP contribution in [0, 0.1) is 6.92 Å². The Bertz CT molecular complexity index is 240. The number of pyridine rings is 1. The molecule has 4 heteroatoms. The van der Waals surface area contributed by atoms with Crippen LogP contribution in [0.25, 0.3) is 0 Å². The summed E-state index contributed by atoms with van der Waals surface area (Å²) in [6.45, 7) is 1.79. The van der Waals surface area contributed by atoms with Crippen LogP contribution in [0.15, 0.2) is 12.1 Å². The number of nitrogens with zero attached hydrogens (tertiary/aromatic N) is 1. The SMILES string of the molecule is Cc1cc(N)cc(C(N)O)n1. The van der Waals surface area contributed by atoms with Crippen molar-refractivity contribution in [1.82, 2.24) is 4.98 Å². The lowest BCUT2D eigenvalue weighted by molar-refractivity contribution is 0.181. The molecule has 1 rings (SSSR count). The molecule has 1 aromatic rings. The van der Waals surface area contributed by atoms with Gasteiger partial charge in [-0.3, -0.25) is 4.98 Å². The predicted molar refractivity (Wildman–Crippen MR) is 42.5 cm³/mol. The molecule has 11 heavy (non-hydrogen) atoms. The summed E-state index contributed by atoms with van der Waals surface area (Å²) in [6, 6.07) is 3.27. The number of hydrogen-bond acceptors (Lipinski definition) is 4. The first-order valence-electron chi connectivity index (χ1n) is 3.27. The molecule has 0 aromatic carbocycles. The Labute approximate surface area is 64.9 Å². The Hall–Kier alpha value is -1.13. The van der Waals surface area contributed by atoms with Crippen molar-refractivity contribution in [3.63, 3.8) is 0 Å². The zero-order valence-electron chi connectivity index (χ0n) is 6.28. The normalized spacial score (nSPS) is 13.0. The fourth-order valence-corrected chi connectivity index (χ4v) is 0.873. The first-order chi connectivity index (χ1) is 5.09. The second kappa shape index (κ2) is 2.86. The molecule has 1 unspecified atom stereocenters. The van der Waals surface area contributed by atoms with Gasteiger partial charge < -0.3 is 16.6 Å². The predicted octanol–water partition coefficient (Wildman–Crippen LogP) is -0.0782. The van der Waals surface area contributed by atoms with Gasteiger partial charge in [0.1, 0.15) is 6.23 Å². The number of aliphatic hydroxyl groups excluding tert-OH is 1. The highest BCUT2D eigenvalue weighted by Gasteiger charge is 2.03. The van der Waals surface area contributed by atoms with Crippen LogP contribution < -0.4 is 11.5 Å². The summed E-state index contributed by atoms with van der Waals surface area (Å²) in [5, 5.41) is 8.93. The third-order valence-corrected chi connectivity index (χ3v) is 1.30. The monoisotopic (exact) mass is 153 g/mol. The van der Waals surface area contributed by atoms with E-state index in [1.54, 1.807) is 19.1 Å². The van der Waals surface area contributed by atoms with Gasteiger partial charge in [-0.05, 0) is 19.1 Å². The maximum absolute atomic E-state index is 8.93. The summed E-state index contributed by atoms with van der Waals surface area (Å²) >= 11 is 0. The second-order valence-corrected chi connectivity index (χ2v) is 2.41. The van der Waals surface area contributed by atoms with Crippen LogP contribution in [0.4, 0.5) is 5.69 Å². The van der Waals surface area contributed by atoms with Gasteiger partial charge in [0.05, 0.1) is 5.69 Å². The molecule has 0 saturated carbocycles. The standard InChI is InChI=1S/C7H11N3O/c1-4-2-5(8)3-6(10-4)7(9)11/h2-3,7,11H,9H2,1H3,(H2,8,10). The smallest absolute Gasteiger partial charge is 0.145 e. The summed E-state index contributed by atoms with van der Waals surface area (Å²) < 4.78 is 0. The van der Waals surface area contributed by atoms with Crippen LogP contribution in [-0.4, -0.2) is 10.1 Å². The van der Waals surface area contributed by atoms with E-state index in [0.29, 0.717) is 11.4 Å². The van der Waals surface area contributed by atoms with Crippen molar-refractivity contribution in [1.29, 1.82) is 0 Å². The van der Waals surface area contributed by atoms with Gasteiger partial charge in [-0.2, -0.15) is 0 Å². The molecule has 0 aliphatic carbocycles. The van der Waals surface area contributed by atoms with Crippen LogP contribution in [0.1, 0.15) is 17.6 Å². The molecule has 0 amide bonds. The van der Waals surface area contributed by atoms with Crippen LogP contribution in [0.2, 0.25) is 0 Å². The number of nitrogens with two attached hydrogens (primary N) is 2. The maximum Gasteiger partial charge on any atom is 0.145 e. The van der Waals surface area contributed by atoms with Gasteiger partial charge in [-0.15, -0.1) is 0 Å². The molecule has 0 bridgehead atoms. The number of hydrogen-bond donors (Lipinski definition) is 3. The van der Waals surface area contributed by atoms with Gasteiger partial charge in [-0.1, -0.05) is 0 Å². The van der Waals surface area contributed by atoms with E-state index in [4.69, 9.17) is 16.6 Å². The Kier molecular flexibility index (Phi) is 2.07. The Morgan fingerprint density at radius 2 is 2.18 bits per heavy atom. The largest absolute Gasteiger partial charge is 0.399 e. The van der Waals surface area contributed by atoms with Gasteiger partial charge in [0.15, 0.2) is 0 Å². The van der Waals surface area contributed by atoms with Crippen LogP contribution in [0.3, 0.4) is 0 Å². The van der Waals surface area contributed by atoms with Crippen molar-refractivity contribution in [2.45, 2.75) is 13.2 Å². The summed E-state index contributed by atoms with van der Waals surface area (Å²) in [5.74, 6) is 0. The fourth-order valence-electron chi connectivity index (χ4n) is 0.873. The summed E-state index contributed by atoms with van der Waals surface area (Å²) in [6.07, 6.45) is -1.04. The third-order valence-electron chi connectivity index (χ3n) is 1.30. The van der Waals surface area contributed by atoms with Gasteiger partial charge in [0, 0.05) is 11.4 Å². The highest BCUT2D eigenvalue weighted by atomic mass is 16.3. The van der Waals surface area contributed by atoms with Crippen LogP contribution in [0.5, 0.6) is 0 Å². The minimum atomic E-state index is -1.04. The molecule has 0 spiro atoms. The maximum atomic E-state index is 8.93. The van der Waals surface area contributed by atoms with Crippen molar-refractivity contribution >= 4 is 5.69 Å². The number of aromatic nitrogens is 1. The summed E-state index contributed by atoms with van der Waals surface area (Å²) in [4.78, 5) is 3.98. The van der Waals surface area contributed by atoms with Gasteiger partial charge in [-0.25, -0.2) is 0 Å². The molecule has 0 aliphatic rings. The number of rotatable bonds is 1. The summed E-state index contributed by atoms with van der Waals surface area (Å²) in [5.41, 5.74) is 12.4. The molecule has 0 aliphatic heterocycles. The Morgan fingerprint density at radius 3 is 2.64 bits per heavy atom. The number of aryl methyl sites for hydroxylation is 1. The number of aliphatic hydroxyl groups is 1. The van der Waals surface area contributed by atoms with Crippen molar-refractivity contribution in [2.75, 3.05) is 5.73 Å². The molecular weight excluding hydrogens is 142 g/mol. The topological polar surface area (TPSA) is 85.2 Å². The van der Waals surface area contributed by atoms with Crippen LogP contribution in [-0.2, 0) is 0 Å². The number of anilines is 1. The van der Waals surface area contributed by atoms with Gasteiger partial charge in [0.25, 0.3) is 0 Å². The molecule has 0 saturated heterocycles. The van der Waals surface area contributed by atoms with Gasteiger partial charge in [0.2, 0.25) is 0 Å². The lowest BCUT2D eigenvalue weighted by Gasteiger charge is -2.05. The Balaban J connectivity index is 3.08. The minimum Gasteiger partial charge on any atom is -0.399 e. The molecule has 5 N–H and O–H groups in total. The molecule has 60 valence electrons. The van der Waals surface area contributed by atoms with Crippen LogP contribution >= 0.6 is 0 Å². The lowest BCUT2D eigenvalue weighted by Crippen LogP contribution is -2.11. The molecule has 0 fully saturated rings. The molecule has 1 aromatic heterocycles. The van der Waals surface area contributed by atoms with Crippen molar-refractivity contribution in [3.05, 3.63) is 23.5 Å². The zero-order chi connectivity index (χ0) is 8.43. The van der Waals surface area contributed by atoms with E-state index in [1.165, 1.54) is 0 Å². The first kappa shape index (κ1) is 7.97. The lowest BCUT2D eigenvalue weighted by atomic mass is 10.2. The van der Waals surface area contributed by atoms with Crippen molar-refractivity contribution < 1.29 is 5.11 Å². The van der Waals surface area contributed by atoms with Gasteiger partial charge >= 0.3 is 0 Å². The van der Waals surface area contributed by atoms with Crippen molar-refractivity contribution in [3.8, 4) is 0 Å². The average molecular weight is 153 g/mol. The number of nitrogen functional groups attached to an aromatic ring is 1. The molecule has 1 heterocycles. The van der Waals surface area contributed by atoms with E-state index in [-0.39, 0.29) is 0 Å². The van der Waals surface area contributed by atoms with E-state index in [2.05, 4.69) is 4.98 Å². The quantitative estimate of drug-likeness (QED) is 0.493. The average Bonchev–Trinajstić information content (AvgIpc) is 1.85. The first-order valence-corrected chi connectivity index (χ1v) is 3.27. The summed E-state index contributed by atoms with van der Waals surface area (Å²) in [7, 11) is 0. The molecule has 0 radical (unpaired) electrons. The van der Waals surface area contributed by atoms with E-state index in [1.807, 2.05) is 0 Å². The van der Waals surface area contributed by atoms with E-state index in [9.17, 15) is 0 Å². The fraction of sp³-hybridized carbons (Fsp3) is 0.286.